The lowest BCUT2D eigenvalue weighted by Crippen LogP contribution is -2.33. The Balaban J connectivity index is 2.03. The van der Waals surface area contributed by atoms with Crippen molar-refractivity contribution >= 4 is 17.0 Å². The molecule has 2 aromatic heterocycles. The molecule has 1 aliphatic heterocycles. The number of aliphatic hydroxyl groups is 3. The summed E-state index contributed by atoms with van der Waals surface area (Å²) in [5.74, 6) is 5.66. The molecule has 108 valence electrons. The standard InChI is InChI=1S/C10H14N6O4/c11-15-8-5-9(13-2-12-8)16(3-14-5)10-7(19)6(18)4(1-17)20-10/h2-4,6-7,10,17-19H,1,11H2,(H,12,13,15)/t4-,6-,7+,10-/m1/s1. The molecule has 0 unspecified atom stereocenters. The summed E-state index contributed by atoms with van der Waals surface area (Å²) in [5, 5.41) is 28.9. The Hall–Kier alpha value is -1.85. The van der Waals surface area contributed by atoms with E-state index in [1.54, 1.807) is 0 Å². The van der Waals surface area contributed by atoms with E-state index >= 15 is 0 Å². The Morgan fingerprint density at radius 2 is 2.10 bits per heavy atom. The minimum Gasteiger partial charge on any atom is -0.394 e. The molecular weight excluding hydrogens is 268 g/mol. The first-order valence-corrected chi connectivity index (χ1v) is 5.94. The number of hydrazine groups is 1. The van der Waals surface area contributed by atoms with Crippen LogP contribution in [0.15, 0.2) is 12.7 Å². The van der Waals surface area contributed by atoms with Crippen LogP contribution >= 0.6 is 0 Å². The van der Waals surface area contributed by atoms with E-state index in [-0.39, 0.29) is 0 Å². The van der Waals surface area contributed by atoms with Gasteiger partial charge in [-0.15, -0.1) is 0 Å². The van der Waals surface area contributed by atoms with Crippen LogP contribution in [0.5, 0.6) is 0 Å². The van der Waals surface area contributed by atoms with Crippen molar-refractivity contribution in [3.05, 3.63) is 12.7 Å². The van der Waals surface area contributed by atoms with Gasteiger partial charge in [-0.25, -0.2) is 20.8 Å². The molecule has 0 saturated carbocycles. The fourth-order valence-corrected chi connectivity index (χ4v) is 2.25. The first-order chi connectivity index (χ1) is 9.67. The van der Waals surface area contributed by atoms with Gasteiger partial charge in [-0.3, -0.25) is 4.57 Å². The van der Waals surface area contributed by atoms with Crippen LogP contribution in [-0.2, 0) is 4.74 Å². The summed E-state index contributed by atoms with van der Waals surface area (Å²) in [6.45, 7) is -0.397. The number of aliphatic hydroxyl groups excluding tert-OH is 3. The molecule has 0 aromatic carbocycles. The number of hydrogen-bond acceptors (Lipinski definition) is 9. The number of nitrogens with zero attached hydrogens (tertiary/aromatic N) is 4. The van der Waals surface area contributed by atoms with E-state index in [1.165, 1.54) is 17.2 Å². The second-order valence-corrected chi connectivity index (χ2v) is 4.42. The Morgan fingerprint density at radius 3 is 2.75 bits per heavy atom. The highest BCUT2D eigenvalue weighted by atomic mass is 16.6. The van der Waals surface area contributed by atoms with Gasteiger partial charge in [-0.05, 0) is 0 Å². The average molecular weight is 282 g/mol. The van der Waals surface area contributed by atoms with Gasteiger partial charge in [-0.2, -0.15) is 0 Å². The molecule has 1 aliphatic rings. The molecule has 0 radical (unpaired) electrons. The maximum Gasteiger partial charge on any atom is 0.171 e. The van der Waals surface area contributed by atoms with Crippen LogP contribution in [0.4, 0.5) is 5.82 Å². The molecule has 3 rings (SSSR count). The fraction of sp³-hybridized carbons (Fsp3) is 0.500. The lowest BCUT2D eigenvalue weighted by Gasteiger charge is -2.16. The van der Waals surface area contributed by atoms with Crippen molar-refractivity contribution in [1.29, 1.82) is 0 Å². The number of fused-ring (bicyclic) bond motifs is 1. The number of ether oxygens (including phenoxy) is 1. The summed E-state index contributed by atoms with van der Waals surface area (Å²) in [5.41, 5.74) is 3.20. The highest BCUT2D eigenvalue weighted by Gasteiger charge is 2.43. The van der Waals surface area contributed by atoms with E-state index in [0.717, 1.165) is 0 Å². The maximum atomic E-state index is 10.00. The van der Waals surface area contributed by atoms with Crippen LogP contribution in [0.25, 0.3) is 11.2 Å². The topological polar surface area (TPSA) is 152 Å². The second-order valence-electron chi connectivity index (χ2n) is 4.42. The summed E-state index contributed by atoms with van der Waals surface area (Å²) < 4.78 is 6.88. The molecule has 20 heavy (non-hydrogen) atoms. The predicted octanol–water partition coefficient (Wildman–Crippen LogP) is -2.28. The molecule has 2 aromatic rings. The van der Waals surface area contributed by atoms with Gasteiger partial charge in [0.15, 0.2) is 23.2 Å². The van der Waals surface area contributed by atoms with Crippen molar-refractivity contribution in [2.75, 3.05) is 12.0 Å². The number of anilines is 1. The van der Waals surface area contributed by atoms with Crippen molar-refractivity contribution < 1.29 is 20.1 Å². The van der Waals surface area contributed by atoms with Crippen molar-refractivity contribution in [1.82, 2.24) is 19.5 Å². The van der Waals surface area contributed by atoms with Gasteiger partial charge < -0.3 is 25.5 Å². The van der Waals surface area contributed by atoms with E-state index in [2.05, 4.69) is 20.4 Å². The van der Waals surface area contributed by atoms with Crippen molar-refractivity contribution in [2.24, 2.45) is 5.84 Å². The third kappa shape index (κ3) is 1.82. The zero-order valence-corrected chi connectivity index (χ0v) is 10.3. The van der Waals surface area contributed by atoms with Gasteiger partial charge >= 0.3 is 0 Å². The van der Waals surface area contributed by atoms with Crippen LogP contribution in [0, 0.1) is 0 Å². The van der Waals surface area contributed by atoms with Crippen LogP contribution in [0.3, 0.4) is 0 Å². The average Bonchev–Trinajstić information content (AvgIpc) is 3.01. The molecule has 10 nitrogen and oxygen atoms in total. The number of hydrogen-bond donors (Lipinski definition) is 5. The van der Waals surface area contributed by atoms with Crippen molar-refractivity contribution in [2.45, 2.75) is 24.5 Å². The summed E-state index contributed by atoms with van der Waals surface area (Å²) >= 11 is 0. The lowest BCUT2D eigenvalue weighted by atomic mass is 10.1. The monoisotopic (exact) mass is 282 g/mol. The van der Waals surface area contributed by atoms with Gasteiger partial charge in [0, 0.05) is 0 Å². The zero-order chi connectivity index (χ0) is 14.3. The third-order valence-corrected chi connectivity index (χ3v) is 3.29. The van der Waals surface area contributed by atoms with E-state index in [0.29, 0.717) is 17.0 Å². The van der Waals surface area contributed by atoms with Crippen LogP contribution in [0.1, 0.15) is 6.23 Å². The van der Waals surface area contributed by atoms with Gasteiger partial charge in [0.25, 0.3) is 0 Å². The molecule has 1 fully saturated rings. The first-order valence-electron chi connectivity index (χ1n) is 5.94. The Bertz CT molecular complexity index is 619. The second kappa shape index (κ2) is 4.92. The van der Waals surface area contributed by atoms with E-state index in [1.807, 2.05) is 0 Å². The number of rotatable bonds is 3. The predicted molar refractivity (Wildman–Crippen MR) is 66.1 cm³/mol. The largest absolute Gasteiger partial charge is 0.394 e. The molecule has 0 bridgehead atoms. The van der Waals surface area contributed by atoms with Gasteiger partial charge in [0.1, 0.15) is 24.6 Å². The van der Waals surface area contributed by atoms with E-state index in [9.17, 15) is 10.2 Å². The Morgan fingerprint density at radius 1 is 1.30 bits per heavy atom. The van der Waals surface area contributed by atoms with Gasteiger partial charge in [0.2, 0.25) is 0 Å². The van der Waals surface area contributed by atoms with Crippen molar-refractivity contribution in [3.8, 4) is 0 Å². The lowest BCUT2D eigenvalue weighted by molar-refractivity contribution is -0.0511. The van der Waals surface area contributed by atoms with Crippen molar-refractivity contribution in [3.63, 3.8) is 0 Å². The number of nitrogens with one attached hydrogen (secondary N) is 1. The highest BCUT2D eigenvalue weighted by molar-refractivity contribution is 5.82. The molecule has 10 heteroatoms. The number of nitrogens with two attached hydrogens (primary N) is 1. The fourth-order valence-electron chi connectivity index (χ4n) is 2.25. The smallest absolute Gasteiger partial charge is 0.171 e. The Kier molecular flexibility index (Phi) is 3.23. The molecule has 0 aliphatic carbocycles. The molecule has 0 amide bonds. The molecule has 3 heterocycles. The zero-order valence-electron chi connectivity index (χ0n) is 10.3. The summed E-state index contributed by atoms with van der Waals surface area (Å²) in [6.07, 6.45) is -1.45. The molecule has 0 spiro atoms. The van der Waals surface area contributed by atoms with Crippen LogP contribution < -0.4 is 11.3 Å². The normalized spacial score (nSPS) is 30.0. The summed E-state index contributed by atoms with van der Waals surface area (Å²) in [7, 11) is 0. The number of imidazole rings is 1. The van der Waals surface area contributed by atoms with E-state index < -0.39 is 31.1 Å². The van der Waals surface area contributed by atoms with E-state index in [4.69, 9.17) is 15.7 Å². The Labute approximate surface area is 112 Å². The highest BCUT2D eigenvalue weighted by Crippen LogP contribution is 2.31. The summed E-state index contributed by atoms with van der Waals surface area (Å²) in [4.78, 5) is 12.1. The molecule has 6 N–H and O–H groups in total. The SMILES string of the molecule is NNc1ncnc2c1ncn2[C@@H]1O[C@H](CO)[C@@H](O)[C@@H]1O. The number of aromatic nitrogens is 4. The maximum absolute atomic E-state index is 10.00. The molecular formula is C10H14N6O4. The van der Waals surface area contributed by atoms with Gasteiger partial charge in [0.05, 0.1) is 12.9 Å². The number of nitrogen functional groups attached to an aromatic ring is 1. The minimum atomic E-state index is -1.20. The van der Waals surface area contributed by atoms with Crippen LogP contribution in [-0.4, -0.2) is 59.8 Å². The van der Waals surface area contributed by atoms with Gasteiger partial charge in [-0.1, -0.05) is 0 Å². The van der Waals surface area contributed by atoms with Crippen LogP contribution in [0.2, 0.25) is 0 Å². The summed E-state index contributed by atoms with van der Waals surface area (Å²) in [6, 6.07) is 0. The quantitative estimate of drug-likeness (QED) is 0.310. The molecule has 4 atom stereocenters. The third-order valence-electron chi connectivity index (χ3n) is 3.29. The minimum absolute atomic E-state index is 0.334. The first kappa shape index (κ1) is 13.1. The molecule has 1 saturated heterocycles.